The van der Waals surface area contributed by atoms with Gasteiger partial charge in [-0.2, -0.15) is 0 Å². The molecule has 0 N–H and O–H groups in total. The minimum absolute atomic E-state index is 0.0916. The molecule has 0 aliphatic carbocycles. The Morgan fingerprint density at radius 3 is 0.923 bits per heavy atom. The normalized spacial score (nSPS) is 12.4. The maximum absolute atomic E-state index is 12.8. The largest absolute Gasteiger partial charge is 0.462 e. The molecule has 0 saturated carbocycles. The summed E-state index contributed by atoms with van der Waals surface area (Å²) in [5, 5.41) is 0. The zero-order valence-corrected chi connectivity index (χ0v) is 43.3. The average molecular weight is 911 g/mol. The molecule has 0 rings (SSSR count). The molecule has 0 heterocycles. The predicted octanol–water partition coefficient (Wildman–Crippen LogP) is 18.7. The lowest BCUT2D eigenvalue weighted by atomic mass is 10.0. The third-order valence-corrected chi connectivity index (χ3v) is 12.3. The van der Waals surface area contributed by atoms with Crippen LogP contribution in [0.4, 0.5) is 0 Å². The van der Waals surface area contributed by atoms with Crippen LogP contribution in [-0.4, -0.2) is 37.2 Å². The Labute approximate surface area is 403 Å². The van der Waals surface area contributed by atoms with Crippen molar-refractivity contribution < 1.29 is 28.6 Å². The van der Waals surface area contributed by atoms with Crippen LogP contribution in [0.25, 0.3) is 0 Å². The first-order valence-corrected chi connectivity index (χ1v) is 28.1. The molecule has 0 aliphatic rings. The summed E-state index contributed by atoms with van der Waals surface area (Å²) in [6.45, 7) is 6.61. The van der Waals surface area contributed by atoms with Gasteiger partial charge in [-0.25, -0.2) is 0 Å². The van der Waals surface area contributed by atoms with Gasteiger partial charge in [0.15, 0.2) is 6.10 Å². The van der Waals surface area contributed by atoms with Crippen molar-refractivity contribution in [3.8, 4) is 0 Å². The van der Waals surface area contributed by atoms with Crippen LogP contribution in [0.5, 0.6) is 0 Å². The summed E-state index contributed by atoms with van der Waals surface area (Å²) in [6.07, 6.45) is 65.3. The molecule has 0 aromatic heterocycles. The first kappa shape index (κ1) is 62.4. The lowest BCUT2D eigenvalue weighted by molar-refractivity contribution is -0.167. The SMILES string of the molecule is CCCCCCCC/C=C\C/C=C\C/C=C\CCCC(=O)O[C@H](COC(=O)CCCCCCCCC/C=C\CCCCCCCC)COC(=O)CCCCCCCCCCCCCCC. The lowest BCUT2D eigenvalue weighted by Crippen LogP contribution is -2.30. The van der Waals surface area contributed by atoms with Gasteiger partial charge in [0, 0.05) is 19.3 Å². The van der Waals surface area contributed by atoms with Crippen molar-refractivity contribution in [2.24, 2.45) is 0 Å². The van der Waals surface area contributed by atoms with Crippen LogP contribution in [0.1, 0.15) is 290 Å². The number of unbranched alkanes of at least 4 members (excludes halogenated alkanes) is 32. The van der Waals surface area contributed by atoms with Crippen LogP contribution in [0, 0.1) is 0 Å². The topological polar surface area (TPSA) is 78.9 Å². The summed E-state index contributed by atoms with van der Waals surface area (Å²) in [5.74, 6) is -0.937. The summed E-state index contributed by atoms with van der Waals surface area (Å²) in [7, 11) is 0. The molecule has 0 fully saturated rings. The highest BCUT2D eigenvalue weighted by Gasteiger charge is 2.19. The monoisotopic (exact) mass is 911 g/mol. The second-order valence-corrected chi connectivity index (χ2v) is 18.8. The summed E-state index contributed by atoms with van der Waals surface area (Å²) >= 11 is 0. The molecule has 0 aromatic rings. The number of carbonyl (C=O) groups excluding carboxylic acids is 3. The van der Waals surface area contributed by atoms with E-state index in [4.69, 9.17) is 14.2 Å². The third-order valence-electron chi connectivity index (χ3n) is 12.3. The second kappa shape index (κ2) is 54.0. The Bertz CT molecular complexity index is 1140. The van der Waals surface area contributed by atoms with Gasteiger partial charge in [0.05, 0.1) is 0 Å². The van der Waals surface area contributed by atoms with Gasteiger partial charge in [0.1, 0.15) is 13.2 Å². The van der Waals surface area contributed by atoms with Gasteiger partial charge in [-0.05, 0) is 77.0 Å². The number of hydrogen-bond acceptors (Lipinski definition) is 6. The number of hydrogen-bond donors (Lipinski definition) is 0. The van der Waals surface area contributed by atoms with E-state index in [2.05, 4.69) is 69.4 Å². The maximum Gasteiger partial charge on any atom is 0.306 e. The maximum atomic E-state index is 12.8. The Hall–Kier alpha value is -2.63. The van der Waals surface area contributed by atoms with Crippen LogP contribution in [0.15, 0.2) is 48.6 Å². The number of ether oxygens (including phenoxy) is 3. The van der Waals surface area contributed by atoms with Crippen LogP contribution in [-0.2, 0) is 28.6 Å². The molecule has 6 heteroatoms. The number of allylic oxidation sites excluding steroid dienone is 8. The molecule has 378 valence electrons. The van der Waals surface area contributed by atoms with E-state index >= 15 is 0 Å². The molecule has 0 spiro atoms. The van der Waals surface area contributed by atoms with Crippen LogP contribution in [0.3, 0.4) is 0 Å². The number of rotatable bonds is 51. The van der Waals surface area contributed by atoms with Crippen molar-refractivity contribution in [1.82, 2.24) is 0 Å². The van der Waals surface area contributed by atoms with Crippen molar-refractivity contribution >= 4 is 17.9 Å². The average Bonchev–Trinajstić information content (AvgIpc) is 3.30. The van der Waals surface area contributed by atoms with Crippen molar-refractivity contribution in [1.29, 1.82) is 0 Å². The Morgan fingerprint density at radius 2 is 0.569 bits per heavy atom. The third kappa shape index (κ3) is 52.2. The molecule has 0 saturated heterocycles. The molecule has 65 heavy (non-hydrogen) atoms. The minimum Gasteiger partial charge on any atom is -0.462 e. The molecular weight excluding hydrogens is 805 g/mol. The summed E-state index contributed by atoms with van der Waals surface area (Å²) in [4.78, 5) is 38.1. The molecule has 0 amide bonds. The van der Waals surface area contributed by atoms with Crippen LogP contribution in [0.2, 0.25) is 0 Å². The van der Waals surface area contributed by atoms with Gasteiger partial charge in [-0.1, -0.05) is 243 Å². The lowest BCUT2D eigenvalue weighted by Gasteiger charge is -2.18. The molecule has 6 nitrogen and oxygen atoms in total. The molecule has 0 unspecified atom stereocenters. The molecule has 0 bridgehead atoms. The summed E-state index contributed by atoms with van der Waals surface area (Å²) in [6, 6.07) is 0. The van der Waals surface area contributed by atoms with Gasteiger partial charge >= 0.3 is 17.9 Å². The molecule has 0 radical (unpaired) electrons. The van der Waals surface area contributed by atoms with E-state index in [9.17, 15) is 14.4 Å². The zero-order valence-electron chi connectivity index (χ0n) is 43.3. The van der Waals surface area contributed by atoms with Crippen LogP contribution >= 0.6 is 0 Å². The highest BCUT2D eigenvalue weighted by molar-refractivity contribution is 5.71. The molecule has 0 aromatic carbocycles. The van der Waals surface area contributed by atoms with E-state index in [0.29, 0.717) is 19.3 Å². The second-order valence-electron chi connectivity index (χ2n) is 18.8. The Morgan fingerprint density at radius 1 is 0.308 bits per heavy atom. The highest BCUT2D eigenvalue weighted by atomic mass is 16.6. The Kier molecular flexibility index (Phi) is 51.8. The first-order valence-electron chi connectivity index (χ1n) is 28.1. The van der Waals surface area contributed by atoms with E-state index in [1.807, 2.05) is 0 Å². The van der Waals surface area contributed by atoms with Crippen molar-refractivity contribution in [2.45, 2.75) is 297 Å². The van der Waals surface area contributed by atoms with Crippen molar-refractivity contribution in [2.75, 3.05) is 13.2 Å². The van der Waals surface area contributed by atoms with Gasteiger partial charge in [-0.15, -0.1) is 0 Å². The van der Waals surface area contributed by atoms with E-state index < -0.39 is 6.10 Å². The van der Waals surface area contributed by atoms with Crippen molar-refractivity contribution in [3.63, 3.8) is 0 Å². The fourth-order valence-electron chi connectivity index (χ4n) is 8.04. The Balaban J connectivity index is 4.43. The standard InChI is InChI=1S/C59H106O6/c1-4-7-10-13-16-19-22-25-27-29-31-34-37-40-43-46-49-52-58(61)64-55-56(54-63-57(60)51-48-45-42-39-36-33-24-21-18-15-12-9-6-3)65-59(62)53-50-47-44-41-38-35-32-30-28-26-23-20-17-14-11-8-5-2/h25-28,32,35,41,44,56H,4-24,29-31,33-34,36-40,42-43,45-55H2,1-3H3/b27-25-,28-26-,35-32-,44-41-/t56-/m0/s1. The fraction of sp³-hybridized carbons (Fsp3) is 0.814. The van der Waals surface area contributed by atoms with Crippen molar-refractivity contribution in [3.05, 3.63) is 48.6 Å². The smallest absolute Gasteiger partial charge is 0.306 e. The van der Waals surface area contributed by atoms with Gasteiger partial charge in [-0.3, -0.25) is 14.4 Å². The van der Waals surface area contributed by atoms with Gasteiger partial charge in [0.2, 0.25) is 0 Å². The summed E-state index contributed by atoms with van der Waals surface area (Å²) in [5.41, 5.74) is 0. The van der Waals surface area contributed by atoms with E-state index in [1.165, 1.54) is 186 Å². The van der Waals surface area contributed by atoms with Gasteiger partial charge < -0.3 is 14.2 Å². The number of carbonyl (C=O) groups is 3. The first-order chi connectivity index (χ1) is 32.0. The number of esters is 3. The zero-order chi connectivity index (χ0) is 47.2. The minimum atomic E-state index is -0.798. The van der Waals surface area contributed by atoms with E-state index in [-0.39, 0.29) is 37.5 Å². The van der Waals surface area contributed by atoms with E-state index in [1.54, 1.807) is 0 Å². The molecule has 1 atom stereocenters. The van der Waals surface area contributed by atoms with E-state index in [0.717, 1.165) is 57.8 Å². The molecular formula is C59H106O6. The summed E-state index contributed by atoms with van der Waals surface area (Å²) < 4.78 is 16.8. The highest BCUT2D eigenvalue weighted by Crippen LogP contribution is 2.15. The molecule has 0 aliphatic heterocycles. The predicted molar refractivity (Wildman–Crippen MR) is 279 cm³/mol. The quantitative estimate of drug-likeness (QED) is 0.0262. The van der Waals surface area contributed by atoms with Gasteiger partial charge in [0.25, 0.3) is 0 Å². The van der Waals surface area contributed by atoms with Crippen LogP contribution < -0.4 is 0 Å². The fourth-order valence-corrected chi connectivity index (χ4v) is 8.04.